The van der Waals surface area contributed by atoms with Gasteiger partial charge in [0.15, 0.2) is 5.78 Å². The molecule has 0 aliphatic carbocycles. The minimum Gasteiger partial charge on any atom is -0.324 e. The maximum Gasteiger partial charge on any atom is 0.152 e. The first-order chi connectivity index (χ1) is 4.90. The summed E-state index contributed by atoms with van der Waals surface area (Å²) in [6, 6.07) is 0. The molecule has 0 bridgehead atoms. The Balaban J connectivity index is 4.21. The molecule has 0 aliphatic rings. The maximum absolute atomic E-state index is 11.1. The number of nitrogens with two attached hydrogens (primary N) is 1. The van der Waals surface area contributed by atoms with Gasteiger partial charge in [-0.2, -0.15) is 0 Å². The molecule has 0 aromatic heterocycles. The Bertz CT molecular complexity index is 173. The highest BCUT2D eigenvalue weighted by Gasteiger charge is 2.27. The SMILES string of the molecule is CC(=O)CC(C)(C)C(=O)CN. The monoisotopic (exact) mass is 157 g/mol. The number of Topliss-reactive ketones (excluding diaryl/α,β-unsaturated/α-hetero) is 2. The summed E-state index contributed by atoms with van der Waals surface area (Å²) >= 11 is 0. The highest BCUT2D eigenvalue weighted by atomic mass is 16.1. The minimum atomic E-state index is -0.583. The van der Waals surface area contributed by atoms with E-state index in [9.17, 15) is 9.59 Å². The fraction of sp³-hybridized carbons (Fsp3) is 0.750. The lowest BCUT2D eigenvalue weighted by atomic mass is 9.83. The first-order valence-corrected chi connectivity index (χ1v) is 3.63. The highest BCUT2D eigenvalue weighted by Crippen LogP contribution is 2.20. The minimum absolute atomic E-state index is 0.0142. The van der Waals surface area contributed by atoms with Gasteiger partial charge in [-0.15, -0.1) is 0 Å². The molecule has 2 N–H and O–H groups in total. The smallest absolute Gasteiger partial charge is 0.152 e. The van der Waals surface area contributed by atoms with Gasteiger partial charge in [-0.3, -0.25) is 9.59 Å². The number of carbonyl (C=O) groups is 2. The van der Waals surface area contributed by atoms with Gasteiger partial charge in [0, 0.05) is 11.8 Å². The zero-order valence-electron chi connectivity index (χ0n) is 7.31. The summed E-state index contributed by atoms with van der Waals surface area (Å²) in [6.45, 7) is 4.97. The first-order valence-electron chi connectivity index (χ1n) is 3.63. The van der Waals surface area contributed by atoms with Crippen molar-refractivity contribution in [2.24, 2.45) is 11.1 Å². The summed E-state index contributed by atoms with van der Waals surface area (Å²) in [4.78, 5) is 21.8. The zero-order valence-corrected chi connectivity index (χ0v) is 7.31. The molecule has 0 heterocycles. The molecule has 64 valence electrons. The second-order valence-electron chi connectivity index (χ2n) is 3.39. The van der Waals surface area contributed by atoms with Crippen molar-refractivity contribution < 1.29 is 9.59 Å². The van der Waals surface area contributed by atoms with Crippen LogP contribution in [0.3, 0.4) is 0 Å². The van der Waals surface area contributed by atoms with E-state index in [-0.39, 0.29) is 24.5 Å². The molecule has 0 atom stereocenters. The average molecular weight is 157 g/mol. The van der Waals surface area contributed by atoms with Crippen molar-refractivity contribution in [1.29, 1.82) is 0 Å². The molecule has 0 radical (unpaired) electrons. The van der Waals surface area contributed by atoms with E-state index >= 15 is 0 Å². The van der Waals surface area contributed by atoms with Gasteiger partial charge in [0.05, 0.1) is 6.54 Å². The molecule has 0 unspecified atom stereocenters. The highest BCUT2D eigenvalue weighted by molar-refractivity contribution is 5.90. The van der Waals surface area contributed by atoms with Crippen LogP contribution in [0.5, 0.6) is 0 Å². The van der Waals surface area contributed by atoms with Crippen LogP contribution in [0.4, 0.5) is 0 Å². The second-order valence-corrected chi connectivity index (χ2v) is 3.39. The van der Waals surface area contributed by atoms with Crippen LogP contribution in [0.25, 0.3) is 0 Å². The third-order valence-corrected chi connectivity index (χ3v) is 1.63. The topological polar surface area (TPSA) is 60.2 Å². The molecule has 0 saturated heterocycles. The Morgan fingerprint density at radius 2 is 1.82 bits per heavy atom. The maximum atomic E-state index is 11.1. The van der Waals surface area contributed by atoms with Crippen molar-refractivity contribution in [3.63, 3.8) is 0 Å². The Kier molecular flexibility index (Phi) is 3.39. The molecular weight excluding hydrogens is 142 g/mol. The standard InChI is InChI=1S/C8H15NO2/c1-6(10)4-8(2,3)7(11)5-9/h4-5,9H2,1-3H3. The van der Waals surface area contributed by atoms with Crippen molar-refractivity contribution in [2.45, 2.75) is 27.2 Å². The van der Waals surface area contributed by atoms with Gasteiger partial charge >= 0.3 is 0 Å². The normalized spacial score (nSPS) is 11.3. The fourth-order valence-corrected chi connectivity index (χ4v) is 0.997. The summed E-state index contributed by atoms with van der Waals surface area (Å²) in [5.41, 5.74) is 4.59. The van der Waals surface area contributed by atoms with E-state index < -0.39 is 5.41 Å². The van der Waals surface area contributed by atoms with Crippen molar-refractivity contribution >= 4 is 11.6 Å². The lowest BCUT2D eigenvalue weighted by Crippen LogP contribution is -2.32. The largest absolute Gasteiger partial charge is 0.324 e. The molecule has 0 aromatic carbocycles. The summed E-state index contributed by atoms with van der Waals surface area (Å²) in [7, 11) is 0. The van der Waals surface area contributed by atoms with E-state index in [1.165, 1.54) is 6.92 Å². The van der Waals surface area contributed by atoms with Crippen LogP contribution in [-0.2, 0) is 9.59 Å². The number of hydrogen-bond acceptors (Lipinski definition) is 3. The zero-order chi connectivity index (χ0) is 9.07. The second kappa shape index (κ2) is 3.62. The van der Waals surface area contributed by atoms with E-state index in [2.05, 4.69) is 0 Å². The van der Waals surface area contributed by atoms with Crippen molar-refractivity contribution in [1.82, 2.24) is 0 Å². The Morgan fingerprint density at radius 3 is 2.09 bits per heavy atom. The van der Waals surface area contributed by atoms with Crippen LogP contribution >= 0.6 is 0 Å². The van der Waals surface area contributed by atoms with Crippen molar-refractivity contribution in [2.75, 3.05) is 6.54 Å². The third kappa shape index (κ3) is 3.28. The van der Waals surface area contributed by atoms with E-state index in [4.69, 9.17) is 5.73 Å². The van der Waals surface area contributed by atoms with Crippen LogP contribution < -0.4 is 5.73 Å². The summed E-state index contributed by atoms with van der Waals surface area (Å²) in [5.74, 6) is -0.0375. The average Bonchev–Trinajstić information content (AvgIpc) is 1.83. The lowest BCUT2D eigenvalue weighted by Gasteiger charge is -2.19. The molecule has 3 heteroatoms. The molecule has 0 spiro atoms. The van der Waals surface area contributed by atoms with Gasteiger partial charge in [0.25, 0.3) is 0 Å². The van der Waals surface area contributed by atoms with Crippen LogP contribution in [0.1, 0.15) is 27.2 Å². The Hall–Kier alpha value is -0.700. The number of carbonyl (C=O) groups excluding carboxylic acids is 2. The molecule has 3 nitrogen and oxygen atoms in total. The quantitative estimate of drug-likeness (QED) is 0.647. The summed E-state index contributed by atoms with van der Waals surface area (Å²) < 4.78 is 0. The summed E-state index contributed by atoms with van der Waals surface area (Å²) in [6.07, 6.45) is 0.281. The van der Waals surface area contributed by atoms with E-state index in [1.54, 1.807) is 13.8 Å². The molecule has 0 rings (SSSR count). The molecule has 11 heavy (non-hydrogen) atoms. The molecule has 0 amide bonds. The van der Waals surface area contributed by atoms with Crippen molar-refractivity contribution in [3.8, 4) is 0 Å². The van der Waals surface area contributed by atoms with Gasteiger partial charge in [0.1, 0.15) is 5.78 Å². The van der Waals surface area contributed by atoms with Crippen molar-refractivity contribution in [3.05, 3.63) is 0 Å². The predicted octanol–water partition coefficient (Wildman–Crippen LogP) is 0.520. The van der Waals surface area contributed by atoms with E-state index in [0.717, 1.165) is 0 Å². The predicted molar refractivity (Wildman–Crippen MR) is 43.1 cm³/mol. The third-order valence-electron chi connectivity index (χ3n) is 1.63. The molecule has 0 aromatic rings. The van der Waals surface area contributed by atoms with E-state index in [0.29, 0.717) is 0 Å². The Labute approximate surface area is 67.0 Å². The van der Waals surface area contributed by atoms with Gasteiger partial charge in [0.2, 0.25) is 0 Å². The van der Waals surface area contributed by atoms with Crippen LogP contribution in [0, 0.1) is 5.41 Å². The number of ketones is 2. The van der Waals surface area contributed by atoms with Crippen LogP contribution in [0.15, 0.2) is 0 Å². The fourth-order valence-electron chi connectivity index (χ4n) is 0.997. The van der Waals surface area contributed by atoms with Crippen LogP contribution in [0.2, 0.25) is 0 Å². The van der Waals surface area contributed by atoms with Gasteiger partial charge in [-0.25, -0.2) is 0 Å². The molecule has 0 fully saturated rings. The van der Waals surface area contributed by atoms with Gasteiger partial charge < -0.3 is 5.73 Å². The Morgan fingerprint density at radius 1 is 1.36 bits per heavy atom. The first kappa shape index (κ1) is 10.3. The van der Waals surface area contributed by atoms with E-state index in [1.807, 2.05) is 0 Å². The van der Waals surface area contributed by atoms with Gasteiger partial charge in [-0.05, 0) is 6.92 Å². The number of hydrogen-bond donors (Lipinski definition) is 1. The summed E-state index contributed by atoms with van der Waals surface area (Å²) in [5, 5.41) is 0. The lowest BCUT2D eigenvalue weighted by molar-refractivity contribution is -0.130. The molecule has 0 saturated carbocycles. The number of rotatable bonds is 4. The molecular formula is C8H15NO2. The molecule has 0 aliphatic heterocycles. The van der Waals surface area contributed by atoms with Crippen LogP contribution in [-0.4, -0.2) is 18.1 Å². The van der Waals surface area contributed by atoms with Gasteiger partial charge in [-0.1, -0.05) is 13.8 Å².